The normalized spacial score (nSPS) is 10.1. The fourth-order valence-corrected chi connectivity index (χ4v) is 2.42. The molecule has 0 saturated carbocycles. The van der Waals surface area contributed by atoms with Crippen molar-refractivity contribution in [2.45, 2.75) is 0 Å². The molecule has 1 heterocycles. The first kappa shape index (κ1) is 13.9. The van der Waals surface area contributed by atoms with Gasteiger partial charge in [0.2, 0.25) is 0 Å². The summed E-state index contributed by atoms with van der Waals surface area (Å²) in [6.07, 6.45) is 0. The maximum absolute atomic E-state index is 12.2. The molecule has 0 aliphatic carbocycles. The van der Waals surface area contributed by atoms with Gasteiger partial charge in [0.05, 0.1) is 18.2 Å². The van der Waals surface area contributed by atoms with Gasteiger partial charge in [-0.25, -0.2) is 0 Å². The van der Waals surface area contributed by atoms with Crippen LogP contribution in [0.3, 0.4) is 0 Å². The molecule has 2 rings (SSSR count). The van der Waals surface area contributed by atoms with Crippen LogP contribution in [0.15, 0.2) is 29.6 Å². The molecular weight excluding hydrogens is 278 g/mol. The third kappa shape index (κ3) is 2.72. The predicted octanol–water partition coefficient (Wildman–Crippen LogP) is 1.69. The molecule has 20 heavy (non-hydrogen) atoms. The SMILES string of the molecule is COc1ccc(N)c(C(=O)Nc2sccc2C(N)=O)c1. The number of anilines is 2. The quantitative estimate of drug-likeness (QED) is 0.745. The van der Waals surface area contributed by atoms with Gasteiger partial charge in [0.15, 0.2) is 0 Å². The summed E-state index contributed by atoms with van der Waals surface area (Å²) in [4.78, 5) is 23.4. The molecule has 0 spiro atoms. The van der Waals surface area contributed by atoms with E-state index in [1.807, 2.05) is 0 Å². The molecule has 0 aliphatic rings. The Labute approximate surface area is 119 Å². The van der Waals surface area contributed by atoms with Crippen LogP contribution in [0.2, 0.25) is 0 Å². The highest BCUT2D eigenvalue weighted by molar-refractivity contribution is 7.14. The van der Waals surface area contributed by atoms with Crippen molar-refractivity contribution in [3.8, 4) is 5.75 Å². The molecular formula is C13H13N3O3S. The van der Waals surface area contributed by atoms with Gasteiger partial charge in [0, 0.05) is 5.69 Å². The number of hydrogen-bond acceptors (Lipinski definition) is 5. The summed E-state index contributed by atoms with van der Waals surface area (Å²) in [6, 6.07) is 6.32. The topological polar surface area (TPSA) is 107 Å². The van der Waals surface area contributed by atoms with E-state index in [9.17, 15) is 9.59 Å². The molecule has 0 bridgehead atoms. The Kier molecular flexibility index (Phi) is 3.90. The van der Waals surface area contributed by atoms with Gasteiger partial charge in [-0.05, 0) is 29.6 Å². The first-order valence-electron chi connectivity index (χ1n) is 5.65. The smallest absolute Gasteiger partial charge is 0.258 e. The lowest BCUT2D eigenvalue weighted by molar-refractivity contribution is 0.100. The number of nitrogen functional groups attached to an aromatic ring is 1. The fraction of sp³-hybridized carbons (Fsp3) is 0.0769. The number of nitrogens with one attached hydrogen (secondary N) is 1. The van der Waals surface area contributed by atoms with Crippen LogP contribution in [0.25, 0.3) is 0 Å². The molecule has 2 amide bonds. The van der Waals surface area contributed by atoms with E-state index in [-0.39, 0.29) is 11.1 Å². The van der Waals surface area contributed by atoms with Gasteiger partial charge in [-0.1, -0.05) is 0 Å². The second kappa shape index (κ2) is 5.62. The molecule has 0 aliphatic heterocycles. The Morgan fingerprint density at radius 2 is 2.00 bits per heavy atom. The molecule has 6 nitrogen and oxygen atoms in total. The summed E-state index contributed by atoms with van der Waals surface area (Å²) >= 11 is 1.21. The van der Waals surface area contributed by atoms with Gasteiger partial charge in [-0.15, -0.1) is 11.3 Å². The van der Waals surface area contributed by atoms with Gasteiger partial charge in [-0.2, -0.15) is 0 Å². The molecule has 0 radical (unpaired) electrons. The lowest BCUT2D eigenvalue weighted by Crippen LogP contribution is -2.17. The zero-order chi connectivity index (χ0) is 14.7. The number of carbonyl (C=O) groups is 2. The van der Waals surface area contributed by atoms with E-state index >= 15 is 0 Å². The third-order valence-electron chi connectivity index (χ3n) is 2.66. The highest BCUT2D eigenvalue weighted by Gasteiger charge is 2.16. The van der Waals surface area contributed by atoms with E-state index in [1.54, 1.807) is 23.6 Å². The molecule has 2 aromatic rings. The maximum Gasteiger partial charge on any atom is 0.258 e. The number of amides is 2. The minimum atomic E-state index is -0.597. The second-order valence-corrected chi connectivity index (χ2v) is 4.85. The van der Waals surface area contributed by atoms with Crippen molar-refractivity contribution >= 4 is 33.8 Å². The van der Waals surface area contributed by atoms with E-state index in [0.29, 0.717) is 16.4 Å². The number of rotatable bonds is 4. The highest BCUT2D eigenvalue weighted by atomic mass is 32.1. The van der Waals surface area contributed by atoms with E-state index < -0.39 is 11.8 Å². The fourth-order valence-electron chi connectivity index (χ4n) is 1.63. The van der Waals surface area contributed by atoms with Crippen LogP contribution in [0.1, 0.15) is 20.7 Å². The van der Waals surface area contributed by atoms with E-state index in [2.05, 4.69) is 5.32 Å². The molecule has 0 fully saturated rings. The monoisotopic (exact) mass is 291 g/mol. The predicted molar refractivity (Wildman–Crippen MR) is 78.2 cm³/mol. The van der Waals surface area contributed by atoms with Gasteiger partial charge >= 0.3 is 0 Å². The van der Waals surface area contributed by atoms with E-state index in [0.717, 1.165) is 0 Å². The summed E-state index contributed by atoms with van der Waals surface area (Å²) in [7, 11) is 1.50. The maximum atomic E-state index is 12.2. The Morgan fingerprint density at radius 1 is 1.25 bits per heavy atom. The van der Waals surface area contributed by atoms with Crippen molar-refractivity contribution in [2.24, 2.45) is 5.73 Å². The summed E-state index contributed by atoms with van der Waals surface area (Å²) in [6.45, 7) is 0. The largest absolute Gasteiger partial charge is 0.497 e. The summed E-state index contributed by atoms with van der Waals surface area (Å²) in [5.41, 5.74) is 11.8. The van der Waals surface area contributed by atoms with Gasteiger partial charge in [-0.3, -0.25) is 9.59 Å². The third-order valence-corrected chi connectivity index (χ3v) is 3.49. The number of methoxy groups -OCH3 is 1. The van der Waals surface area contributed by atoms with E-state index in [4.69, 9.17) is 16.2 Å². The van der Waals surface area contributed by atoms with Crippen LogP contribution in [0.5, 0.6) is 5.75 Å². The van der Waals surface area contributed by atoms with Crippen molar-refractivity contribution in [3.05, 3.63) is 40.8 Å². The lowest BCUT2D eigenvalue weighted by Gasteiger charge is -2.09. The molecule has 0 unspecified atom stereocenters. The van der Waals surface area contributed by atoms with Crippen LogP contribution in [-0.4, -0.2) is 18.9 Å². The molecule has 0 atom stereocenters. The number of benzene rings is 1. The first-order chi connectivity index (χ1) is 9.52. The summed E-state index contributed by atoms with van der Waals surface area (Å²) in [5, 5.41) is 4.69. The summed E-state index contributed by atoms with van der Waals surface area (Å²) < 4.78 is 5.05. The zero-order valence-electron chi connectivity index (χ0n) is 10.7. The number of primary amides is 1. The molecule has 7 heteroatoms. The van der Waals surface area contributed by atoms with Crippen LogP contribution in [0, 0.1) is 0 Å². The molecule has 1 aromatic carbocycles. The summed E-state index contributed by atoms with van der Waals surface area (Å²) in [5.74, 6) is -0.503. The van der Waals surface area contributed by atoms with Crippen LogP contribution >= 0.6 is 11.3 Å². The average Bonchev–Trinajstić information content (AvgIpc) is 2.87. The van der Waals surface area contributed by atoms with Crippen molar-refractivity contribution in [3.63, 3.8) is 0 Å². The molecule has 0 saturated heterocycles. The van der Waals surface area contributed by atoms with Gasteiger partial charge < -0.3 is 21.5 Å². The van der Waals surface area contributed by atoms with Crippen molar-refractivity contribution in [1.29, 1.82) is 0 Å². The van der Waals surface area contributed by atoms with Gasteiger partial charge in [0.25, 0.3) is 11.8 Å². The standard InChI is InChI=1S/C13H13N3O3S/c1-19-7-2-3-10(14)9(6-7)12(18)16-13-8(11(15)17)4-5-20-13/h2-6H,14H2,1H3,(H2,15,17)(H,16,18). The number of hydrogen-bond donors (Lipinski definition) is 3. The average molecular weight is 291 g/mol. The Hall–Kier alpha value is -2.54. The number of thiophene rings is 1. The molecule has 104 valence electrons. The van der Waals surface area contributed by atoms with Crippen molar-refractivity contribution in [1.82, 2.24) is 0 Å². The van der Waals surface area contributed by atoms with Crippen LogP contribution < -0.4 is 21.5 Å². The first-order valence-corrected chi connectivity index (χ1v) is 6.53. The molecule has 1 aromatic heterocycles. The van der Waals surface area contributed by atoms with E-state index in [1.165, 1.54) is 24.5 Å². The lowest BCUT2D eigenvalue weighted by atomic mass is 10.1. The second-order valence-electron chi connectivity index (χ2n) is 3.93. The number of ether oxygens (including phenoxy) is 1. The van der Waals surface area contributed by atoms with Crippen LogP contribution in [0.4, 0.5) is 10.7 Å². The van der Waals surface area contributed by atoms with Crippen molar-refractivity contribution in [2.75, 3.05) is 18.2 Å². The Morgan fingerprint density at radius 3 is 2.65 bits per heavy atom. The Bertz CT molecular complexity index is 667. The van der Waals surface area contributed by atoms with Crippen molar-refractivity contribution < 1.29 is 14.3 Å². The minimum Gasteiger partial charge on any atom is -0.497 e. The number of nitrogens with two attached hydrogens (primary N) is 2. The highest BCUT2D eigenvalue weighted by Crippen LogP contribution is 2.25. The minimum absolute atomic E-state index is 0.268. The molecule has 5 N–H and O–H groups in total. The Balaban J connectivity index is 2.28. The zero-order valence-corrected chi connectivity index (χ0v) is 11.5. The van der Waals surface area contributed by atoms with Gasteiger partial charge in [0.1, 0.15) is 10.8 Å². The van der Waals surface area contributed by atoms with Crippen LogP contribution in [-0.2, 0) is 0 Å². The number of carbonyl (C=O) groups excluding carboxylic acids is 2.